The van der Waals surface area contributed by atoms with Crippen molar-refractivity contribution < 1.29 is 0 Å². The Kier molecular flexibility index (Phi) is 5.68. The monoisotopic (exact) mass is 264 g/mol. The minimum absolute atomic E-state index is 0.169. The molecular weight excluding hydrogens is 237 g/mol. The van der Waals surface area contributed by atoms with Gasteiger partial charge in [0.1, 0.15) is 0 Å². The number of hydrogen-bond acceptors (Lipinski definition) is 0. The Labute approximate surface area is 91.7 Å². The third kappa shape index (κ3) is 3.62. The standard InChI is InChI=1S/C8H28Si5/c1-9(2)12(10(3)4)13(7,8)11(5)6/h9-12H,1-8H3. The highest BCUT2D eigenvalue weighted by atomic mass is 30.0. The molecular formula is C8H28Si5. The molecule has 0 aliphatic carbocycles. The van der Waals surface area contributed by atoms with Gasteiger partial charge in [-0.15, -0.1) is 0 Å². The topological polar surface area (TPSA) is 0 Å². The first-order chi connectivity index (χ1) is 5.71. The molecule has 0 amide bonds. The van der Waals surface area contributed by atoms with Crippen LogP contribution in [0.4, 0.5) is 0 Å². The molecule has 0 spiro atoms. The van der Waals surface area contributed by atoms with Crippen molar-refractivity contribution in [3.05, 3.63) is 0 Å². The van der Waals surface area contributed by atoms with Crippen LogP contribution in [-0.2, 0) is 0 Å². The molecule has 0 aromatic heterocycles. The van der Waals surface area contributed by atoms with Gasteiger partial charge in [0.15, 0.2) is 0 Å². The van der Waals surface area contributed by atoms with Gasteiger partial charge in [-0.3, -0.25) is 0 Å². The molecule has 0 radical (unpaired) electrons. The van der Waals surface area contributed by atoms with E-state index in [2.05, 4.69) is 52.4 Å². The van der Waals surface area contributed by atoms with Crippen LogP contribution in [0.1, 0.15) is 0 Å². The molecule has 0 bridgehead atoms. The van der Waals surface area contributed by atoms with Crippen molar-refractivity contribution >= 4 is 39.4 Å². The summed E-state index contributed by atoms with van der Waals surface area (Å²) in [6.45, 7) is 21.3. The van der Waals surface area contributed by atoms with E-state index in [4.69, 9.17) is 0 Å². The SMILES string of the molecule is C[SiH](C)[SiH]([SiH](C)C)[Si](C)(C)[SiH](C)C. The highest BCUT2D eigenvalue weighted by molar-refractivity contribution is 7.84. The van der Waals surface area contributed by atoms with Crippen molar-refractivity contribution in [1.82, 2.24) is 0 Å². The molecule has 0 fully saturated rings. The maximum absolute atomic E-state index is 2.75. The van der Waals surface area contributed by atoms with Gasteiger partial charge in [-0.05, 0) is 0 Å². The van der Waals surface area contributed by atoms with Crippen LogP contribution >= 0.6 is 0 Å². The van der Waals surface area contributed by atoms with Gasteiger partial charge in [-0.25, -0.2) is 0 Å². The van der Waals surface area contributed by atoms with Crippen LogP contribution in [-0.4, -0.2) is 39.4 Å². The fourth-order valence-corrected chi connectivity index (χ4v) is 119. The van der Waals surface area contributed by atoms with Crippen molar-refractivity contribution in [2.24, 2.45) is 0 Å². The Balaban J connectivity index is 4.73. The normalized spacial score (nSPS) is 13.8. The van der Waals surface area contributed by atoms with Gasteiger partial charge in [-0.2, -0.15) is 0 Å². The summed E-state index contributed by atoms with van der Waals surface area (Å²) in [6, 6.07) is 0. The van der Waals surface area contributed by atoms with Crippen LogP contribution < -0.4 is 0 Å². The average Bonchev–Trinajstić information content (AvgIpc) is 1.82. The van der Waals surface area contributed by atoms with Crippen molar-refractivity contribution in [2.75, 3.05) is 0 Å². The third-order valence-electron chi connectivity index (χ3n) is 3.78. The molecule has 80 valence electrons. The quantitative estimate of drug-likeness (QED) is 0.678. The van der Waals surface area contributed by atoms with Gasteiger partial charge in [-0.1, -0.05) is 52.4 Å². The Bertz CT molecular complexity index is 145. The van der Waals surface area contributed by atoms with Crippen LogP contribution in [0, 0.1) is 0 Å². The van der Waals surface area contributed by atoms with Crippen molar-refractivity contribution in [3.8, 4) is 0 Å². The molecule has 0 heterocycles. The van der Waals surface area contributed by atoms with Gasteiger partial charge in [0.05, 0.1) is 0 Å². The maximum Gasteiger partial charge on any atom is 0.0238 e. The summed E-state index contributed by atoms with van der Waals surface area (Å²) in [5.74, 6) is 0. The molecule has 0 saturated heterocycles. The highest BCUT2D eigenvalue weighted by Crippen LogP contribution is 2.16. The Morgan fingerprint density at radius 3 is 1.08 bits per heavy atom. The van der Waals surface area contributed by atoms with E-state index < -0.39 is 7.11 Å². The summed E-state index contributed by atoms with van der Waals surface area (Å²) in [4.78, 5) is 0. The van der Waals surface area contributed by atoms with E-state index in [1.807, 2.05) is 0 Å². The molecule has 0 aliphatic rings. The van der Waals surface area contributed by atoms with Gasteiger partial charge >= 0.3 is 0 Å². The van der Waals surface area contributed by atoms with E-state index in [9.17, 15) is 0 Å². The average molecular weight is 265 g/mol. The van der Waals surface area contributed by atoms with Gasteiger partial charge in [0.25, 0.3) is 0 Å². The minimum Gasteiger partial charge on any atom is -0.0747 e. The number of rotatable bonds is 4. The predicted molar refractivity (Wildman–Crippen MR) is 81.3 cm³/mol. The first-order valence-corrected chi connectivity index (χ1v) is 24.6. The number of hydrogen-bond donors (Lipinski definition) is 0. The van der Waals surface area contributed by atoms with Crippen LogP contribution in [0.2, 0.25) is 52.4 Å². The largest absolute Gasteiger partial charge is 0.0747 e. The Morgan fingerprint density at radius 1 is 0.692 bits per heavy atom. The van der Waals surface area contributed by atoms with E-state index in [1.165, 1.54) is 0 Å². The third-order valence-corrected chi connectivity index (χ3v) is 91.8. The lowest BCUT2D eigenvalue weighted by molar-refractivity contribution is 1.92. The highest BCUT2D eigenvalue weighted by Gasteiger charge is 2.40. The molecule has 0 saturated carbocycles. The molecule has 0 nitrogen and oxygen atoms in total. The molecule has 0 aliphatic heterocycles. The van der Waals surface area contributed by atoms with Crippen LogP contribution in [0.5, 0.6) is 0 Å². The zero-order valence-corrected chi connectivity index (χ0v) is 16.4. The summed E-state index contributed by atoms with van der Waals surface area (Å²) in [5.41, 5.74) is 0. The predicted octanol–water partition coefficient (Wildman–Crippen LogP) is 1.70. The van der Waals surface area contributed by atoms with E-state index in [1.54, 1.807) is 0 Å². The fraction of sp³-hybridized carbons (Fsp3) is 1.00. The van der Waals surface area contributed by atoms with Gasteiger partial charge in [0.2, 0.25) is 0 Å². The van der Waals surface area contributed by atoms with Crippen molar-refractivity contribution in [1.29, 1.82) is 0 Å². The van der Waals surface area contributed by atoms with Crippen molar-refractivity contribution in [3.63, 3.8) is 0 Å². The van der Waals surface area contributed by atoms with Crippen LogP contribution in [0.25, 0.3) is 0 Å². The second kappa shape index (κ2) is 5.25. The smallest absolute Gasteiger partial charge is 0.0238 e. The minimum atomic E-state index is -0.635. The summed E-state index contributed by atoms with van der Waals surface area (Å²) >= 11 is 0. The van der Waals surface area contributed by atoms with Gasteiger partial charge in [0, 0.05) is 39.4 Å². The summed E-state index contributed by atoms with van der Waals surface area (Å²) in [6.07, 6.45) is 0. The zero-order valence-electron chi connectivity index (χ0n) is 10.8. The van der Waals surface area contributed by atoms with E-state index >= 15 is 0 Å². The Morgan fingerprint density at radius 2 is 1.00 bits per heavy atom. The van der Waals surface area contributed by atoms with E-state index in [0.29, 0.717) is 0 Å². The van der Waals surface area contributed by atoms with Crippen LogP contribution in [0.15, 0.2) is 0 Å². The summed E-state index contributed by atoms with van der Waals surface area (Å²) < 4.78 is 0. The lowest BCUT2D eigenvalue weighted by atomic mass is 11.9. The lowest BCUT2D eigenvalue weighted by Gasteiger charge is -2.39. The first-order valence-electron chi connectivity index (χ1n) is 5.71. The summed E-state index contributed by atoms with van der Waals surface area (Å²) in [7, 11) is -1.54. The van der Waals surface area contributed by atoms with E-state index in [-0.39, 0.29) is 32.3 Å². The Hall–Kier alpha value is 1.08. The molecule has 0 aromatic rings. The summed E-state index contributed by atoms with van der Waals surface area (Å²) in [5, 5.41) is 0. The molecule has 5 heteroatoms. The molecule has 0 N–H and O–H groups in total. The molecule has 0 aromatic carbocycles. The molecule has 13 heavy (non-hydrogen) atoms. The first kappa shape index (κ1) is 14.1. The van der Waals surface area contributed by atoms with Crippen LogP contribution in [0.3, 0.4) is 0 Å². The zero-order chi connectivity index (χ0) is 10.8. The molecule has 0 rings (SSSR count). The molecule has 0 atom stereocenters. The lowest BCUT2D eigenvalue weighted by Crippen LogP contribution is -2.67. The second-order valence-electron chi connectivity index (χ2n) is 5.99. The van der Waals surface area contributed by atoms with E-state index in [0.717, 1.165) is 0 Å². The fourth-order valence-electron chi connectivity index (χ4n) is 2.87. The van der Waals surface area contributed by atoms with Gasteiger partial charge < -0.3 is 0 Å². The molecule has 0 unspecified atom stereocenters. The van der Waals surface area contributed by atoms with Crippen molar-refractivity contribution in [2.45, 2.75) is 52.4 Å². The second-order valence-corrected chi connectivity index (χ2v) is 53.0. The maximum atomic E-state index is 2.75.